The van der Waals surface area contributed by atoms with E-state index in [4.69, 9.17) is 4.74 Å². The summed E-state index contributed by atoms with van der Waals surface area (Å²) in [5.41, 5.74) is 0. The number of nitrogens with one attached hydrogen (secondary N) is 1. The first-order valence-electron chi connectivity index (χ1n) is 3.56. The van der Waals surface area contributed by atoms with Crippen LogP contribution in [-0.4, -0.2) is 12.5 Å². The monoisotopic (exact) mass is 164 g/mol. The number of amides is 1. The lowest BCUT2D eigenvalue weighted by Gasteiger charge is -2.03. The number of hydrogen-bond donors (Lipinski definition) is 1. The normalized spacial score (nSPS) is 9.08. The molecule has 1 aromatic carbocycles. The van der Waals surface area contributed by atoms with Gasteiger partial charge in [-0.2, -0.15) is 0 Å². The van der Waals surface area contributed by atoms with Gasteiger partial charge in [0, 0.05) is 7.05 Å². The minimum absolute atomic E-state index is 0.00745. The van der Waals surface area contributed by atoms with Gasteiger partial charge in [-0.3, -0.25) is 4.79 Å². The van der Waals surface area contributed by atoms with E-state index in [0.717, 1.165) is 0 Å². The molecule has 12 heavy (non-hydrogen) atoms. The Morgan fingerprint density at radius 1 is 1.42 bits per heavy atom. The van der Waals surface area contributed by atoms with Crippen LogP contribution in [0.3, 0.4) is 0 Å². The van der Waals surface area contributed by atoms with Gasteiger partial charge in [0.15, 0.2) is 6.61 Å². The number of rotatable bonds is 3. The molecule has 0 atom stereocenters. The van der Waals surface area contributed by atoms with Crippen LogP contribution in [-0.2, 0) is 4.79 Å². The second kappa shape index (κ2) is 4.38. The van der Waals surface area contributed by atoms with Gasteiger partial charge in [0.05, 0.1) is 0 Å². The Morgan fingerprint density at radius 3 is 2.67 bits per heavy atom. The van der Waals surface area contributed by atoms with E-state index in [2.05, 4.69) is 12.4 Å². The van der Waals surface area contributed by atoms with Crippen molar-refractivity contribution in [2.45, 2.75) is 0 Å². The van der Waals surface area contributed by atoms with Gasteiger partial charge in [0.25, 0.3) is 5.91 Å². The molecule has 63 valence electrons. The van der Waals surface area contributed by atoms with Gasteiger partial charge in [-0.05, 0) is 12.1 Å². The predicted molar refractivity (Wildman–Crippen MR) is 45.4 cm³/mol. The molecule has 0 saturated carbocycles. The molecule has 1 amide bonds. The molecule has 0 aliphatic rings. The lowest BCUT2D eigenvalue weighted by molar-refractivity contribution is -0.122. The van der Waals surface area contributed by atoms with E-state index in [0.29, 0.717) is 5.75 Å². The summed E-state index contributed by atoms with van der Waals surface area (Å²) in [6, 6.07) is 9.15. The Bertz CT molecular complexity index is 246. The standard InChI is InChI=1S/C9H10NO2/c1-10-9(11)7-12-8-5-3-2-4-6-8/h2-6H,1,7H2,(H,10,11). The summed E-state index contributed by atoms with van der Waals surface area (Å²) in [5, 5.41) is 2.22. The lowest BCUT2D eigenvalue weighted by atomic mass is 10.3. The molecule has 0 saturated heterocycles. The third kappa shape index (κ3) is 2.62. The molecule has 1 N–H and O–H groups in total. The van der Waals surface area contributed by atoms with E-state index in [1.807, 2.05) is 18.2 Å². The minimum atomic E-state index is -0.237. The Balaban J connectivity index is 2.38. The van der Waals surface area contributed by atoms with Crippen molar-refractivity contribution in [3.05, 3.63) is 37.4 Å². The van der Waals surface area contributed by atoms with E-state index in [1.165, 1.54) is 0 Å². The number of carbonyl (C=O) groups is 1. The fourth-order valence-corrected chi connectivity index (χ4v) is 0.717. The second-order valence-electron chi connectivity index (χ2n) is 2.20. The van der Waals surface area contributed by atoms with Gasteiger partial charge in [-0.25, -0.2) is 0 Å². The first kappa shape index (κ1) is 8.59. The lowest BCUT2D eigenvalue weighted by Crippen LogP contribution is -2.23. The van der Waals surface area contributed by atoms with Crippen LogP contribution in [0.4, 0.5) is 0 Å². The fourth-order valence-electron chi connectivity index (χ4n) is 0.717. The van der Waals surface area contributed by atoms with Crippen molar-refractivity contribution in [1.82, 2.24) is 5.32 Å². The van der Waals surface area contributed by atoms with E-state index >= 15 is 0 Å². The Labute approximate surface area is 71.4 Å². The number of hydrogen-bond acceptors (Lipinski definition) is 2. The predicted octanol–water partition coefficient (Wildman–Crippen LogP) is 0.973. The van der Waals surface area contributed by atoms with E-state index in [9.17, 15) is 4.79 Å². The summed E-state index contributed by atoms with van der Waals surface area (Å²) in [6.45, 7) is 0.00745. The van der Waals surface area contributed by atoms with E-state index < -0.39 is 0 Å². The molecular formula is C9H10NO2. The second-order valence-corrected chi connectivity index (χ2v) is 2.20. The maximum atomic E-state index is 10.7. The zero-order valence-corrected chi connectivity index (χ0v) is 6.62. The Morgan fingerprint density at radius 2 is 2.08 bits per heavy atom. The van der Waals surface area contributed by atoms with Crippen LogP contribution < -0.4 is 10.1 Å². The third-order valence-electron chi connectivity index (χ3n) is 1.31. The number of carbonyl (C=O) groups excluding carboxylic acids is 1. The van der Waals surface area contributed by atoms with Gasteiger partial charge in [-0.1, -0.05) is 18.2 Å². The first-order chi connectivity index (χ1) is 5.83. The van der Waals surface area contributed by atoms with Crippen LogP contribution >= 0.6 is 0 Å². The third-order valence-corrected chi connectivity index (χ3v) is 1.31. The summed E-state index contributed by atoms with van der Waals surface area (Å²) in [7, 11) is 3.22. The molecule has 3 heteroatoms. The highest BCUT2D eigenvalue weighted by molar-refractivity contribution is 5.77. The van der Waals surface area contributed by atoms with Crippen molar-refractivity contribution in [3.63, 3.8) is 0 Å². The fraction of sp³-hybridized carbons (Fsp3) is 0.111. The Hall–Kier alpha value is -1.51. The van der Waals surface area contributed by atoms with Gasteiger partial charge >= 0.3 is 0 Å². The number of para-hydroxylation sites is 1. The summed E-state index contributed by atoms with van der Waals surface area (Å²) in [4.78, 5) is 10.7. The van der Waals surface area contributed by atoms with Crippen LogP contribution in [0.5, 0.6) is 5.75 Å². The summed E-state index contributed by atoms with van der Waals surface area (Å²) in [6.07, 6.45) is 0. The van der Waals surface area contributed by atoms with Crippen molar-refractivity contribution in [2.24, 2.45) is 0 Å². The average Bonchev–Trinajstić information content (AvgIpc) is 2.16. The highest BCUT2D eigenvalue weighted by atomic mass is 16.5. The van der Waals surface area contributed by atoms with Gasteiger partial charge in [-0.15, -0.1) is 0 Å². The summed E-state index contributed by atoms with van der Waals surface area (Å²) in [5.74, 6) is 0.444. The van der Waals surface area contributed by atoms with Crippen molar-refractivity contribution < 1.29 is 9.53 Å². The molecule has 1 aromatic rings. The zero-order chi connectivity index (χ0) is 8.81. The van der Waals surface area contributed by atoms with Gasteiger partial charge in [0.1, 0.15) is 5.75 Å². The molecule has 0 aromatic heterocycles. The largest absolute Gasteiger partial charge is 0.484 e. The van der Waals surface area contributed by atoms with E-state index in [1.54, 1.807) is 12.1 Å². The van der Waals surface area contributed by atoms with Crippen molar-refractivity contribution >= 4 is 5.91 Å². The maximum absolute atomic E-state index is 10.7. The smallest absolute Gasteiger partial charge is 0.258 e. The van der Waals surface area contributed by atoms with Crippen molar-refractivity contribution in [2.75, 3.05) is 6.61 Å². The average molecular weight is 164 g/mol. The van der Waals surface area contributed by atoms with Crippen LogP contribution in [0.1, 0.15) is 0 Å². The van der Waals surface area contributed by atoms with Gasteiger partial charge < -0.3 is 10.1 Å². The topological polar surface area (TPSA) is 38.3 Å². The maximum Gasteiger partial charge on any atom is 0.258 e. The molecule has 3 nitrogen and oxygen atoms in total. The Kier molecular flexibility index (Phi) is 3.14. The zero-order valence-electron chi connectivity index (χ0n) is 6.62. The molecule has 0 heterocycles. The molecule has 0 bridgehead atoms. The number of ether oxygens (including phenoxy) is 1. The SMILES string of the molecule is [CH2]NC(=O)COc1ccccc1. The molecular weight excluding hydrogens is 154 g/mol. The van der Waals surface area contributed by atoms with Crippen molar-refractivity contribution in [3.8, 4) is 5.75 Å². The molecule has 0 aliphatic heterocycles. The van der Waals surface area contributed by atoms with Gasteiger partial charge in [0.2, 0.25) is 0 Å². The highest BCUT2D eigenvalue weighted by Crippen LogP contribution is 2.07. The van der Waals surface area contributed by atoms with Crippen LogP contribution in [0.25, 0.3) is 0 Å². The molecule has 1 rings (SSSR count). The molecule has 1 radical (unpaired) electrons. The van der Waals surface area contributed by atoms with E-state index in [-0.39, 0.29) is 12.5 Å². The van der Waals surface area contributed by atoms with Crippen LogP contribution in [0.15, 0.2) is 30.3 Å². The van der Waals surface area contributed by atoms with Crippen molar-refractivity contribution in [1.29, 1.82) is 0 Å². The highest BCUT2D eigenvalue weighted by Gasteiger charge is 1.97. The summed E-state index contributed by atoms with van der Waals surface area (Å²) >= 11 is 0. The number of benzene rings is 1. The molecule has 0 unspecified atom stereocenters. The molecule has 0 fully saturated rings. The molecule has 0 spiro atoms. The first-order valence-corrected chi connectivity index (χ1v) is 3.56. The minimum Gasteiger partial charge on any atom is -0.484 e. The molecule has 0 aliphatic carbocycles. The van der Waals surface area contributed by atoms with Crippen LogP contribution in [0.2, 0.25) is 0 Å². The quantitative estimate of drug-likeness (QED) is 0.723. The van der Waals surface area contributed by atoms with Crippen LogP contribution in [0, 0.1) is 7.05 Å². The summed E-state index contributed by atoms with van der Waals surface area (Å²) < 4.78 is 5.11.